The van der Waals surface area contributed by atoms with Gasteiger partial charge in [-0.1, -0.05) is 48.0 Å². The largest absolute Gasteiger partial charge is 0.489 e. The van der Waals surface area contributed by atoms with Gasteiger partial charge in [-0.2, -0.15) is 5.10 Å². The first-order chi connectivity index (χ1) is 13.1. The summed E-state index contributed by atoms with van der Waals surface area (Å²) in [4.78, 5) is 12.1. The highest BCUT2D eigenvalue weighted by molar-refractivity contribution is 14.1. The Morgan fingerprint density at radius 3 is 2.63 bits per heavy atom. The zero-order valence-electron chi connectivity index (χ0n) is 14.2. The lowest BCUT2D eigenvalue weighted by Gasteiger charge is -2.07. The summed E-state index contributed by atoms with van der Waals surface area (Å²) in [7, 11) is 0. The predicted octanol–water partition coefficient (Wildman–Crippen LogP) is 5.29. The highest BCUT2D eigenvalue weighted by Crippen LogP contribution is 2.16. The fourth-order valence-electron chi connectivity index (χ4n) is 2.30. The molecule has 3 rings (SSSR count). The van der Waals surface area contributed by atoms with Crippen molar-refractivity contribution in [1.29, 1.82) is 0 Å². The molecule has 0 aliphatic carbocycles. The van der Waals surface area contributed by atoms with E-state index in [9.17, 15) is 4.79 Å². The number of ether oxygens (including phenoxy) is 1. The van der Waals surface area contributed by atoms with Crippen LogP contribution in [-0.2, 0) is 6.61 Å². The lowest BCUT2D eigenvalue weighted by molar-refractivity contribution is 0.0954. The predicted molar refractivity (Wildman–Crippen MR) is 116 cm³/mol. The van der Waals surface area contributed by atoms with Crippen LogP contribution in [0.4, 0.5) is 0 Å². The Bertz CT molecular complexity index is 958. The maximum absolute atomic E-state index is 12.1. The van der Waals surface area contributed by atoms with Gasteiger partial charge in [0.2, 0.25) is 0 Å². The molecule has 0 bridgehead atoms. The minimum absolute atomic E-state index is 0.244. The van der Waals surface area contributed by atoms with Crippen molar-refractivity contribution in [2.24, 2.45) is 5.10 Å². The van der Waals surface area contributed by atoms with Crippen LogP contribution in [-0.4, -0.2) is 12.1 Å². The van der Waals surface area contributed by atoms with Crippen molar-refractivity contribution in [2.75, 3.05) is 0 Å². The van der Waals surface area contributed by atoms with Crippen molar-refractivity contribution < 1.29 is 9.53 Å². The third-order valence-electron chi connectivity index (χ3n) is 3.68. The third-order valence-corrected chi connectivity index (χ3v) is 4.87. The quantitative estimate of drug-likeness (QED) is 0.290. The summed E-state index contributed by atoms with van der Waals surface area (Å²) in [6, 6.07) is 22.4. The van der Waals surface area contributed by atoms with Crippen LogP contribution in [0.15, 0.2) is 77.9 Å². The van der Waals surface area contributed by atoms with Gasteiger partial charge < -0.3 is 4.74 Å². The zero-order valence-corrected chi connectivity index (χ0v) is 17.1. The molecule has 27 heavy (non-hydrogen) atoms. The number of hydrazone groups is 1. The van der Waals surface area contributed by atoms with Crippen LogP contribution in [0.2, 0.25) is 5.02 Å². The fraction of sp³-hybridized carbons (Fsp3) is 0.0476. The summed E-state index contributed by atoms with van der Waals surface area (Å²) in [6.07, 6.45) is 1.59. The lowest BCUT2D eigenvalue weighted by atomic mass is 10.2. The average Bonchev–Trinajstić information content (AvgIpc) is 2.68. The van der Waals surface area contributed by atoms with E-state index in [2.05, 4.69) is 33.1 Å². The second-order valence-corrected chi connectivity index (χ2v) is 7.27. The summed E-state index contributed by atoms with van der Waals surface area (Å²) in [5.74, 6) is 0.476. The number of nitrogens with zero attached hydrogens (tertiary/aromatic N) is 1. The van der Waals surface area contributed by atoms with Gasteiger partial charge in [-0.05, 0) is 70.1 Å². The number of hydrogen-bond donors (Lipinski definition) is 1. The SMILES string of the molecule is O=C(N/N=C/c1cccc(OCc2ccc(Cl)cc2)c1)c1ccccc1I. The molecule has 1 N–H and O–H groups in total. The van der Waals surface area contributed by atoms with E-state index in [0.717, 1.165) is 20.4 Å². The molecule has 3 aromatic carbocycles. The van der Waals surface area contributed by atoms with E-state index in [1.165, 1.54) is 0 Å². The molecular weight excluding hydrogens is 475 g/mol. The van der Waals surface area contributed by atoms with E-state index in [-0.39, 0.29) is 5.91 Å². The molecule has 0 saturated heterocycles. The minimum Gasteiger partial charge on any atom is -0.489 e. The summed E-state index contributed by atoms with van der Waals surface area (Å²) in [5, 5.41) is 4.73. The van der Waals surface area contributed by atoms with Crippen LogP contribution in [0.25, 0.3) is 0 Å². The van der Waals surface area contributed by atoms with E-state index in [4.69, 9.17) is 16.3 Å². The second-order valence-electron chi connectivity index (χ2n) is 5.67. The molecule has 0 heterocycles. The van der Waals surface area contributed by atoms with Crippen LogP contribution in [0.3, 0.4) is 0 Å². The van der Waals surface area contributed by atoms with Gasteiger partial charge in [0.1, 0.15) is 12.4 Å². The maximum atomic E-state index is 12.1. The molecule has 3 aromatic rings. The Morgan fingerprint density at radius 2 is 1.85 bits per heavy atom. The topological polar surface area (TPSA) is 50.7 Å². The Morgan fingerprint density at radius 1 is 1.07 bits per heavy atom. The van der Waals surface area contributed by atoms with Gasteiger partial charge in [-0.3, -0.25) is 4.79 Å². The zero-order chi connectivity index (χ0) is 19.1. The van der Waals surface area contributed by atoms with Gasteiger partial charge in [-0.15, -0.1) is 0 Å². The molecule has 0 aliphatic rings. The van der Waals surface area contributed by atoms with Gasteiger partial charge in [0.25, 0.3) is 5.91 Å². The van der Waals surface area contributed by atoms with Gasteiger partial charge in [0.15, 0.2) is 0 Å². The number of nitrogens with one attached hydrogen (secondary N) is 1. The normalized spacial score (nSPS) is 10.7. The maximum Gasteiger partial charge on any atom is 0.272 e. The Labute approximate surface area is 176 Å². The number of carbonyl (C=O) groups excluding carboxylic acids is 1. The number of carbonyl (C=O) groups is 1. The van der Waals surface area contributed by atoms with Crippen molar-refractivity contribution in [2.45, 2.75) is 6.61 Å². The first kappa shape index (κ1) is 19.4. The van der Waals surface area contributed by atoms with Gasteiger partial charge >= 0.3 is 0 Å². The van der Waals surface area contributed by atoms with Crippen molar-refractivity contribution in [3.8, 4) is 5.75 Å². The van der Waals surface area contributed by atoms with E-state index >= 15 is 0 Å². The van der Waals surface area contributed by atoms with E-state index in [1.807, 2.05) is 66.7 Å². The second kappa shape index (κ2) is 9.53. The fourth-order valence-corrected chi connectivity index (χ4v) is 3.06. The Balaban J connectivity index is 1.58. The van der Waals surface area contributed by atoms with Gasteiger partial charge in [0, 0.05) is 8.59 Å². The van der Waals surface area contributed by atoms with Crippen LogP contribution in [0, 0.1) is 3.57 Å². The molecule has 0 aliphatic heterocycles. The molecule has 1 amide bonds. The molecule has 4 nitrogen and oxygen atoms in total. The molecule has 6 heteroatoms. The number of amides is 1. The highest BCUT2D eigenvalue weighted by Gasteiger charge is 2.07. The molecule has 0 spiro atoms. The standard InChI is InChI=1S/C21H16ClIN2O2/c22-17-10-8-15(9-11-17)14-27-18-5-3-4-16(12-18)13-24-25-21(26)19-6-1-2-7-20(19)23/h1-13H,14H2,(H,25,26)/b24-13+. The first-order valence-corrected chi connectivity index (χ1v) is 9.63. The van der Waals surface area contributed by atoms with Crippen molar-refractivity contribution in [3.05, 3.63) is 98.1 Å². The summed E-state index contributed by atoms with van der Waals surface area (Å²) in [5.41, 5.74) is 4.99. The van der Waals surface area contributed by atoms with Crippen molar-refractivity contribution in [1.82, 2.24) is 5.43 Å². The number of hydrogen-bond acceptors (Lipinski definition) is 3. The molecule has 136 valence electrons. The number of halogens is 2. The highest BCUT2D eigenvalue weighted by atomic mass is 127. The van der Waals surface area contributed by atoms with E-state index in [1.54, 1.807) is 12.3 Å². The molecule has 0 atom stereocenters. The smallest absolute Gasteiger partial charge is 0.272 e. The number of benzene rings is 3. The molecule has 0 saturated carbocycles. The monoisotopic (exact) mass is 490 g/mol. The minimum atomic E-state index is -0.244. The van der Waals surface area contributed by atoms with E-state index in [0.29, 0.717) is 17.2 Å². The number of rotatable bonds is 6. The van der Waals surface area contributed by atoms with Crippen LogP contribution in [0.5, 0.6) is 5.75 Å². The molecule has 0 fully saturated rings. The summed E-state index contributed by atoms with van der Waals surface area (Å²) < 4.78 is 6.67. The Kier molecular flexibility index (Phi) is 6.84. The molecule has 0 unspecified atom stereocenters. The van der Waals surface area contributed by atoms with Gasteiger partial charge in [0.05, 0.1) is 11.8 Å². The molecule has 0 aromatic heterocycles. The van der Waals surface area contributed by atoms with Crippen LogP contribution in [0.1, 0.15) is 21.5 Å². The molecular formula is C21H16ClIN2O2. The lowest BCUT2D eigenvalue weighted by Crippen LogP contribution is -2.18. The van der Waals surface area contributed by atoms with Crippen molar-refractivity contribution in [3.63, 3.8) is 0 Å². The van der Waals surface area contributed by atoms with E-state index < -0.39 is 0 Å². The van der Waals surface area contributed by atoms with Crippen LogP contribution >= 0.6 is 34.2 Å². The van der Waals surface area contributed by atoms with Gasteiger partial charge in [-0.25, -0.2) is 5.43 Å². The summed E-state index contributed by atoms with van der Waals surface area (Å²) in [6.45, 7) is 0.445. The van der Waals surface area contributed by atoms with Crippen LogP contribution < -0.4 is 10.2 Å². The Hall–Kier alpha value is -2.38. The van der Waals surface area contributed by atoms with Crippen molar-refractivity contribution >= 4 is 46.3 Å². The third kappa shape index (κ3) is 5.80. The first-order valence-electron chi connectivity index (χ1n) is 8.17. The summed E-state index contributed by atoms with van der Waals surface area (Å²) >= 11 is 8.00. The average molecular weight is 491 g/mol. The molecule has 0 radical (unpaired) electrons.